The standard InChI is InChI=1S/C18H39N.C14H11N.C2H6/c1-6-9-10-11-12-13-14-15-16-17-18(4,5)19(7-2)8-3;1-2-6-11(7-3-1)14-10-12-8-4-5-9-13(12)15-14;1-2/h6-17H2,1-5H3;1-10,15H;1-2H3. The van der Waals surface area contributed by atoms with Crippen LogP contribution in [0.15, 0.2) is 60.7 Å². The summed E-state index contributed by atoms with van der Waals surface area (Å²) in [5.41, 5.74) is 3.99. The Hall–Kier alpha value is -2.06. The highest BCUT2D eigenvalue weighted by Crippen LogP contribution is 2.24. The summed E-state index contributed by atoms with van der Waals surface area (Å²) < 4.78 is 0. The third-order valence-corrected chi connectivity index (χ3v) is 7.13. The fraction of sp³-hybridized carbons (Fsp3) is 0.588. The maximum atomic E-state index is 3.41. The van der Waals surface area contributed by atoms with E-state index in [0.29, 0.717) is 5.54 Å². The van der Waals surface area contributed by atoms with Crippen LogP contribution in [-0.4, -0.2) is 28.5 Å². The average molecular weight is 493 g/mol. The molecule has 0 radical (unpaired) electrons. The van der Waals surface area contributed by atoms with E-state index in [1.54, 1.807) is 0 Å². The van der Waals surface area contributed by atoms with Crippen LogP contribution in [-0.2, 0) is 0 Å². The maximum absolute atomic E-state index is 3.41. The van der Waals surface area contributed by atoms with Crippen LogP contribution in [0.3, 0.4) is 0 Å². The minimum Gasteiger partial charge on any atom is -0.355 e. The second-order valence-corrected chi connectivity index (χ2v) is 10.2. The van der Waals surface area contributed by atoms with E-state index < -0.39 is 0 Å². The molecular formula is C34H56N2. The lowest BCUT2D eigenvalue weighted by atomic mass is 9.94. The summed E-state index contributed by atoms with van der Waals surface area (Å²) in [6, 6.07) is 20.9. The number of rotatable bonds is 14. The van der Waals surface area contributed by atoms with Gasteiger partial charge in [-0.05, 0) is 51.1 Å². The zero-order chi connectivity index (χ0) is 26.7. The molecule has 202 valence electrons. The van der Waals surface area contributed by atoms with E-state index in [0.717, 1.165) is 0 Å². The summed E-state index contributed by atoms with van der Waals surface area (Å²) in [5.74, 6) is 0. The topological polar surface area (TPSA) is 19.0 Å². The zero-order valence-electron chi connectivity index (χ0n) is 24.7. The van der Waals surface area contributed by atoms with Crippen LogP contribution in [0.25, 0.3) is 22.2 Å². The van der Waals surface area contributed by atoms with Gasteiger partial charge in [-0.1, -0.05) is 141 Å². The molecule has 36 heavy (non-hydrogen) atoms. The largest absolute Gasteiger partial charge is 0.355 e. The van der Waals surface area contributed by atoms with E-state index in [4.69, 9.17) is 0 Å². The van der Waals surface area contributed by atoms with Crippen LogP contribution in [0, 0.1) is 0 Å². The van der Waals surface area contributed by atoms with Crippen molar-refractivity contribution in [3.63, 3.8) is 0 Å². The highest BCUT2D eigenvalue weighted by atomic mass is 15.2. The molecule has 2 nitrogen and oxygen atoms in total. The predicted octanol–water partition coefficient (Wildman–Crippen LogP) is 10.9. The third kappa shape index (κ3) is 11.8. The molecule has 0 aliphatic rings. The molecule has 0 bridgehead atoms. The number of nitrogens with zero attached hydrogens (tertiary/aromatic N) is 1. The lowest BCUT2D eigenvalue weighted by Crippen LogP contribution is -2.43. The highest BCUT2D eigenvalue weighted by Gasteiger charge is 2.23. The van der Waals surface area contributed by atoms with Crippen molar-refractivity contribution >= 4 is 10.9 Å². The molecule has 0 fully saturated rings. The first-order valence-corrected chi connectivity index (χ1v) is 14.9. The number of hydrogen-bond acceptors (Lipinski definition) is 1. The van der Waals surface area contributed by atoms with Gasteiger partial charge in [-0.25, -0.2) is 0 Å². The van der Waals surface area contributed by atoms with E-state index in [1.807, 2.05) is 26.0 Å². The minimum absolute atomic E-state index is 0.393. The van der Waals surface area contributed by atoms with Crippen LogP contribution in [0.1, 0.15) is 113 Å². The molecular weight excluding hydrogens is 436 g/mol. The Balaban J connectivity index is 0.000000342. The minimum atomic E-state index is 0.393. The van der Waals surface area contributed by atoms with Crippen molar-refractivity contribution in [2.75, 3.05) is 13.1 Å². The molecule has 1 aromatic heterocycles. The number of fused-ring (bicyclic) bond motifs is 1. The van der Waals surface area contributed by atoms with E-state index in [1.165, 1.54) is 99.5 Å². The van der Waals surface area contributed by atoms with Crippen LogP contribution in [0.4, 0.5) is 0 Å². The number of H-pyrrole nitrogens is 1. The predicted molar refractivity (Wildman–Crippen MR) is 164 cm³/mol. The van der Waals surface area contributed by atoms with Crippen molar-refractivity contribution in [1.29, 1.82) is 0 Å². The number of benzene rings is 2. The van der Waals surface area contributed by atoms with Crippen molar-refractivity contribution in [2.45, 2.75) is 118 Å². The van der Waals surface area contributed by atoms with Crippen LogP contribution >= 0.6 is 0 Å². The molecule has 0 amide bonds. The molecule has 0 atom stereocenters. The Kier molecular flexibility index (Phi) is 17.0. The molecule has 3 rings (SSSR count). The Bertz CT molecular complexity index is 857. The van der Waals surface area contributed by atoms with Crippen LogP contribution in [0.5, 0.6) is 0 Å². The summed E-state index contributed by atoms with van der Waals surface area (Å²) in [5, 5.41) is 1.26. The Morgan fingerprint density at radius 1 is 0.667 bits per heavy atom. The molecule has 1 heterocycles. The SMILES string of the molecule is CC.CCCCCCCCCCCC(C)(C)N(CC)CC.c1ccc(-c2cc3ccccc3[nH]2)cc1. The summed E-state index contributed by atoms with van der Waals surface area (Å²) in [6.45, 7) is 18.0. The fourth-order valence-electron chi connectivity index (χ4n) is 4.95. The molecule has 0 unspecified atom stereocenters. The van der Waals surface area contributed by atoms with E-state index >= 15 is 0 Å². The maximum Gasteiger partial charge on any atom is 0.0464 e. The summed E-state index contributed by atoms with van der Waals surface area (Å²) >= 11 is 0. The van der Waals surface area contributed by atoms with Crippen LogP contribution < -0.4 is 0 Å². The third-order valence-electron chi connectivity index (χ3n) is 7.13. The first kappa shape index (κ1) is 32.0. The number of unbranched alkanes of at least 4 members (excludes halogenated alkanes) is 8. The van der Waals surface area contributed by atoms with Crippen LogP contribution in [0.2, 0.25) is 0 Å². The molecule has 0 aliphatic carbocycles. The Labute approximate surface area is 223 Å². The second-order valence-electron chi connectivity index (χ2n) is 10.2. The molecule has 0 saturated heterocycles. The summed E-state index contributed by atoms with van der Waals surface area (Å²) in [7, 11) is 0. The molecule has 1 N–H and O–H groups in total. The number of aromatic nitrogens is 1. The zero-order valence-corrected chi connectivity index (χ0v) is 24.7. The molecule has 0 saturated carbocycles. The van der Waals surface area contributed by atoms with Gasteiger partial charge in [-0.2, -0.15) is 0 Å². The monoisotopic (exact) mass is 492 g/mol. The first-order chi connectivity index (χ1) is 17.5. The van der Waals surface area contributed by atoms with Gasteiger partial charge in [-0.3, -0.25) is 4.90 Å². The van der Waals surface area contributed by atoms with Gasteiger partial charge in [0.25, 0.3) is 0 Å². The van der Waals surface area contributed by atoms with E-state index in [-0.39, 0.29) is 0 Å². The molecule has 0 spiro atoms. The molecule has 2 aromatic carbocycles. The van der Waals surface area contributed by atoms with Crippen molar-refractivity contribution in [2.24, 2.45) is 0 Å². The number of hydrogen-bond donors (Lipinski definition) is 1. The van der Waals surface area contributed by atoms with Gasteiger partial charge in [0.2, 0.25) is 0 Å². The van der Waals surface area contributed by atoms with Gasteiger partial charge in [0.1, 0.15) is 0 Å². The number of para-hydroxylation sites is 1. The van der Waals surface area contributed by atoms with Crippen molar-refractivity contribution in [3.05, 3.63) is 60.7 Å². The van der Waals surface area contributed by atoms with Gasteiger partial charge < -0.3 is 4.98 Å². The van der Waals surface area contributed by atoms with Gasteiger partial charge >= 0.3 is 0 Å². The lowest BCUT2D eigenvalue weighted by Gasteiger charge is -2.37. The smallest absolute Gasteiger partial charge is 0.0464 e. The molecule has 3 aromatic rings. The highest BCUT2D eigenvalue weighted by molar-refractivity contribution is 5.85. The normalized spacial score (nSPS) is 11.1. The van der Waals surface area contributed by atoms with Crippen molar-refractivity contribution < 1.29 is 0 Å². The number of nitrogens with one attached hydrogen (secondary N) is 1. The summed E-state index contributed by atoms with van der Waals surface area (Å²) in [6.07, 6.45) is 14.2. The molecule has 2 heteroatoms. The lowest BCUT2D eigenvalue weighted by molar-refractivity contribution is 0.122. The Morgan fingerprint density at radius 2 is 1.19 bits per heavy atom. The quantitative estimate of drug-likeness (QED) is 0.222. The summed E-state index contributed by atoms with van der Waals surface area (Å²) in [4.78, 5) is 6.01. The van der Waals surface area contributed by atoms with Gasteiger partial charge in [-0.15, -0.1) is 0 Å². The van der Waals surface area contributed by atoms with E-state index in [9.17, 15) is 0 Å². The Morgan fingerprint density at radius 3 is 1.75 bits per heavy atom. The van der Waals surface area contributed by atoms with Crippen molar-refractivity contribution in [3.8, 4) is 11.3 Å². The van der Waals surface area contributed by atoms with E-state index in [2.05, 4.69) is 93.0 Å². The van der Waals surface area contributed by atoms with Gasteiger partial charge in [0, 0.05) is 22.1 Å². The number of aromatic amines is 1. The van der Waals surface area contributed by atoms with Gasteiger partial charge in [0.15, 0.2) is 0 Å². The average Bonchev–Trinajstić information content (AvgIpc) is 3.35. The first-order valence-electron chi connectivity index (χ1n) is 14.9. The second kappa shape index (κ2) is 19.1. The molecule has 0 aliphatic heterocycles. The fourth-order valence-corrected chi connectivity index (χ4v) is 4.95. The van der Waals surface area contributed by atoms with Crippen molar-refractivity contribution in [1.82, 2.24) is 9.88 Å². The van der Waals surface area contributed by atoms with Gasteiger partial charge in [0.05, 0.1) is 0 Å².